The number of hydrogen-bond donors (Lipinski definition) is 1. The van der Waals surface area contributed by atoms with Gasteiger partial charge in [0.15, 0.2) is 0 Å². The first-order chi connectivity index (χ1) is 11.1. The topological polar surface area (TPSA) is 58.6 Å². The molecule has 23 heavy (non-hydrogen) atoms. The molecule has 1 atom stereocenters. The summed E-state index contributed by atoms with van der Waals surface area (Å²) in [6.07, 6.45) is 3.36. The fraction of sp³-hybridized carbons (Fsp3) is 0.556. The van der Waals surface area contributed by atoms with Gasteiger partial charge in [-0.1, -0.05) is 25.1 Å². The Bertz CT molecular complexity index is 539. The fourth-order valence-corrected chi connectivity index (χ4v) is 2.86. The van der Waals surface area contributed by atoms with Gasteiger partial charge in [0, 0.05) is 38.7 Å². The number of carbonyl (C=O) groups is 2. The maximum Gasteiger partial charge on any atom is 0.223 e. The van der Waals surface area contributed by atoms with E-state index in [4.69, 9.17) is 4.74 Å². The van der Waals surface area contributed by atoms with E-state index in [2.05, 4.69) is 12.2 Å². The van der Waals surface area contributed by atoms with Crippen LogP contribution in [-0.2, 0) is 20.7 Å². The number of anilines is 1. The van der Waals surface area contributed by atoms with Gasteiger partial charge in [0.2, 0.25) is 11.8 Å². The van der Waals surface area contributed by atoms with Crippen molar-refractivity contribution >= 4 is 17.5 Å². The molecule has 1 aliphatic heterocycles. The van der Waals surface area contributed by atoms with E-state index in [1.165, 1.54) is 6.92 Å². The summed E-state index contributed by atoms with van der Waals surface area (Å²) in [5.41, 5.74) is 2.01. The normalized spacial score (nSPS) is 17.0. The fourth-order valence-electron chi connectivity index (χ4n) is 2.86. The Kier molecular flexibility index (Phi) is 6.59. The molecule has 1 aromatic rings. The van der Waals surface area contributed by atoms with Crippen LogP contribution in [0.15, 0.2) is 24.3 Å². The average molecular weight is 318 g/mol. The molecule has 2 amide bonds. The zero-order valence-corrected chi connectivity index (χ0v) is 14.0. The smallest absolute Gasteiger partial charge is 0.223 e. The highest BCUT2D eigenvalue weighted by atomic mass is 16.5. The first kappa shape index (κ1) is 17.5. The number of benzene rings is 1. The molecule has 1 N–H and O–H groups in total. The van der Waals surface area contributed by atoms with Crippen LogP contribution in [0.25, 0.3) is 0 Å². The molecule has 0 radical (unpaired) electrons. The second-order valence-corrected chi connectivity index (χ2v) is 5.84. The summed E-state index contributed by atoms with van der Waals surface area (Å²) in [5, 5.41) is 2.90. The lowest BCUT2D eigenvalue weighted by atomic mass is 10.1. The van der Waals surface area contributed by atoms with Crippen molar-refractivity contribution < 1.29 is 14.3 Å². The molecule has 5 heteroatoms. The molecule has 5 nitrogen and oxygen atoms in total. The van der Waals surface area contributed by atoms with Crippen molar-refractivity contribution in [3.8, 4) is 0 Å². The van der Waals surface area contributed by atoms with Crippen molar-refractivity contribution in [1.29, 1.82) is 0 Å². The first-order valence-electron chi connectivity index (χ1n) is 8.36. The highest BCUT2D eigenvalue weighted by molar-refractivity contribution is 5.93. The molecule has 1 saturated heterocycles. The van der Waals surface area contributed by atoms with Crippen molar-refractivity contribution in [2.45, 2.75) is 45.6 Å². The van der Waals surface area contributed by atoms with Crippen molar-refractivity contribution in [2.24, 2.45) is 0 Å². The third kappa shape index (κ3) is 5.06. The number of carbonyl (C=O) groups excluding carboxylic acids is 2. The molecule has 0 saturated carbocycles. The lowest BCUT2D eigenvalue weighted by molar-refractivity contribution is -0.121. The van der Waals surface area contributed by atoms with Crippen LogP contribution in [-0.4, -0.2) is 37.6 Å². The Morgan fingerprint density at radius 1 is 1.35 bits per heavy atom. The quantitative estimate of drug-likeness (QED) is 0.839. The van der Waals surface area contributed by atoms with E-state index in [1.807, 2.05) is 24.3 Å². The van der Waals surface area contributed by atoms with Crippen LogP contribution in [0.1, 0.15) is 38.7 Å². The van der Waals surface area contributed by atoms with Gasteiger partial charge in [-0.2, -0.15) is 0 Å². The van der Waals surface area contributed by atoms with Crippen molar-refractivity contribution in [1.82, 2.24) is 5.32 Å². The van der Waals surface area contributed by atoms with Gasteiger partial charge < -0.3 is 15.0 Å². The Balaban J connectivity index is 1.89. The summed E-state index contributed by atoms with van der Waals surface area (Å²) in [6.45, 7) is 5.34. The molecular weight excluding hydrogens is 292 g/mol. The van der Waals surface area contributed by atoms with Gasteiger partial charge >= 0.3 is 0 Å². The Morgan fingerprint density at radius 2 is 2.13 bits per heavy atom. The first-order valence-corrected chi connectivity index (χ1v) is 8.36. The SMILES string of the molecule is CCc1ccccc1N(CCC(=O)NCC1CCCO1)C(C)=O. The van der Waals surface area contributed by atoms with E-state index in [0.717, 1.165) is 37.1 Å². The number of aryl methyl sites for hydroxylation is 1. The maximum atomic E-state index is 12.0. The third-order valence-corrected chi connectivity index (χ3v) is 4.16. The van der Waals surface area contributed by atoms with Gasteiger partial charge in [0.05, 0.1) is 6.10 Å². The second-order valence-electron chi connectivity index (χ2n) is 5.84. The number of nitrogens with one attached hydrogen (secondary N) is 1. The third-order valence-electron chi connectivity index (χ3n) is 4.16. The van der Waals surface area contributed by atoms with Crippen LogP contribution in [0.4, 0.5) is 5.69 Å². The summed E-state index contributed by atoms with van der Waals surface area (Å²) in [4.78, 5) is 25.7. The highest BCUT2D eigenvalue weighted by Gasteiger charge is 2.18. The van der Waals surface area contributed by atoms with Gasteiger partial charge in [0.25, 0.3) is 0 Å². The Morgan fingerprint density at radius 3 is 2.78 bits per heavy atom. The van der Waals surface area contributed by atoms with E-state index in [1.54, 1.807) is 4.90 Å². The van der Waals surface area contributed by atoms with Crippen LogP contribution in [0.5, 0.6) is 0 Å². The van der Waals surface area contributed by atoms with E-state index >= 15 is 0 Å². The molecule has 0 spiro atoms. The van der Waals surface area contributed by atoms with Gasteiger partial charge in [0.1, 0.15) is 0 Å². The van der Waals surface area contributed by atoms with Crippen LogP contribution in [0, 0.1) is 0 Å². The molecule has 0 aromatic heterocycles. The van der Waals surface area contributed by atoms with Gasteiger partial charge in [-0.15, -0.1) is 0 Å². The predicted octanol–water partition coefficient (Wildman–Crippen LogP) is 2.29. The van der Waals surface area contributed by atoms with E-state index < -0.39 is 0 Å². The van der Waals surface area contributed by atoms with Crippen molar-refractivity contribution in [2.75, 3.05) is 24.6 Å². The molecular formula is C18H26N2O3. The maximum absolute atomic E-state index is 12.0. The zero-order valence-electron chi connectivity index (χ0n) is 14.0. The van der Waals surface area contributed by atoms with E-state index in [-0.39, 0.29) is 17.9 Å². The number of hydrogen-bond acceptors (Lipinski definition) is 3. The lowest BCUT2D eigenvalue weighted by Crippen LogP contribution is -2.36. The summed E-state index contributed by atoms with van der Waals surface area (Å²) < 4.78 is 5.49. The zero-order chi connectivity index (χ0) is 16.7. The second kappa shape index (κ2) is 8.67. The largest absolute Gasteiger partial charge is 0.376 e. The highest BCUT2D eigenvalue weighted by Crippen LogP contribution is 2.21. The molecule has 0 bridgehead atoms. The summed E-state index contributed by atoms with van der Waals surface area (Å²) in [7, 11) is 0. The van der Waals surface area contributed by atoms with Crippen LogP contribution < -0.4 is 10.2 Å². The van der Waals surface area contributed by atoms with E-state index in [0.29, 0.717) is 19.5 Å². The average Bonchev–Trinajstić information content (AvgIpc) is 3.06. The van der Waals surface area contributed by atoms with Crippen LogP contribution in [0.3, 0.4) is 0 Å². The van der Waals surface area contributed by atoms with Gasteiger partial charge in [-0.3, -0.25) is 9.59 Å². The molecule has 1 aliphatic rings. The number of para-hydroxylation sites is 1. The van der Waals surface area contributed by atoms with E-state index in [9.17, 15) is 9.59 Å². The molecule has 126 valence electrons. The molecule has 2 rings (SSSR count). The number of ether oxygens (including phenoxy) is 1. The molecule has 1 aromatic carbocycles. The molecule has 1 fully saturated rings. The Labute approximate surface area is 138 Å². The van der Waals surface area contributed by atoms with Crippen molar-refractivity contribution in [3.05, 3.63) is 29.8 Å². The minimum Gasteiger partial charge on any atom is -0.376 e. The minimum atomic E-state index is -0.0437. The number of nitrogens with zero attached hydrogens (tertiary/aromatic N) is 1. The minimum absolute atomic E-state index is 0.0410. The number of rotatable bonds is 7. The summed E-state index contributed by atoms with van der Waals surface area (Å²) in [5.74, 6) is -0.0847. The standard InChI is InChI=1S/C18H26N2O3/c1-3-15-7-4-5-9-17(15)20(14(2)21)11-10-18(22)19-13-16-8-6-12-23-16/h4-5,7,9,16H,3,6,8,10-13H2,1-2H3,(H,19,22). The molecule has 1 heterocycles. The summed E-state index contributed by atoms with van der Waals surface area (Å²) >= 11 is 0. The van der Waals surface area contributed by atoms with Crippen LogP contribution >= 0.6 is 0 Å². The summed E-state index contributed by atoms with van der Waals surface area (Å²) in [6, 6.07) is 7.84. The lowest BCUT2D eigenvalue weighted by Gasteiger charge is -2.23. The predicted molar refractivity (Wildman–Crippen MR) is 90.4 cm³/mol. The van der Waals surface area contributed by atoms with Crippen LogP contribution in [0.2, 0.25) is 0 Å². The van der Waals surface area contributed by atoms with Crippen molar-refractivity contribution in [3.63, 3.8) is 0 Å². The van der Waals surface area contributed by atoms with Gasteiger partial charge in [-0.25, -0.2) is 0 Å². The monoisotopic (exact) mass is 318 g/mol. The Hall–Kier alpha value is -1.88. The van der Waals surface area contributed by atoms with Gasteiger partial charge in [-0.05, 0) is 30.9 Å². The molecule has 1 unspecified atom stereocenters. The molecule has 0 aliphatic carbocycles. The number of amides is 2.